The lowest BCUT2D eigenvalue weighted by atomic mass is 10.2. The van der Waals surface area contributed by atoms with E-state index in [9.17, 15) is 4.79 Å². The van der Waals surface area contributed by atoms with E-state index in [0.717, 1.165) is 12.1 Å². The Hall–Kier alpha value is -1.75. The summed E-state index contributed by atoms with van der Waals surface area (Å²) in [7, 11) is 0. The SMILES string of the molecule is NCCOc1ccccc1N1CCCOC1=O. The van der Waals surface area contributed by atoms with Gasteiger partial charge in [0, 0.05) is 13.1 Å². The Bertz CT molecular complexity index is 395. The molecule has 0 spiro atoms. The van der Waals surface area contributed by atoms with Crippen molar-refractivity contribution >= 4 is 11.8 Å². The van der Waals surface area contributed by atoms with Crippen molar-refractivity contribution in [2.75, 3.05) is 31.2 Å². The van der Waals surface area contributed by atoms with Crippen LogP contribution < -0.4 is 15.4 Å². The molecule has 1 heterocycles. The van der Waals surface area contributed by atoms with Gasteiger partial charge in [0.05, 0.1) is 12.3 Å². The molecular weight excluding hydrogens is 220 g/mol. The molecule has 1 aliphatic heterocycles. The molecule has 0 aromatic heterocycles. The molecule has 0 radical (unpaired) electrons. The topological polar surface area (TPSA) is 64.8 Å². The fourth-order valence-corrected chi connectivity index (χ4v) is 1.74. The van der Waals surface area contributed by atoms with Gasteiger partial charge in [0.2, 0.25) is 0 Å². The molecule has 0 saturated carbocycles. The Kier molecular flexibility index (Phi) is 3.82. The highest BCUT2D eigenvalue weighted by Crippen LogP contribution is 2.29. The van der Waals surface area contributed by atoms with E-state index in [-0.39, 0.29) is 6.09 Å². The van der Waals surface area contributed by atoms with Crippen LogP contribution in [0.3, 0.4) is 0 Å². The standard InChI is InChI=1S/C12H16N2O3/c13-6-9-16-11-5-2-1-4-10(11)14-7-3-8-17-12(14)15/h1-2,4-5H,3,6-9,13H2. The van der Waals surface area contributed by atoms with E-state index in [1.54, 1.807) is 4.90 Å². The van der Waals surface area contributed by atoms with Crippen LogP contribution in [0.1, 0.15) is 6.42 Å². The van der Waals surface area contributed by atoms with Gasteiger partial charge in [-0.15, -0.1) is 0 Å². The Morgan fingerprint density at radius 2 is 2.24 bits per heavy atom. The van der Waals surface area contributed by atoms with Gasteiger partial charge in [0.15, 0.2) is 0 Å². The molecule has 92 valence electrons. The first-order chi connectivity index (χ1) is 8.33. The Balaban J connectivity index is 2.20. The average Bonchev–Trinajstić information content (AvgIpc) is 2.37. The zero-order valence-electron chi connectivity index (χ0n) is 9.59. The third-order valence-electron chi connectivity index (χ3n) is 2.50. The number of amides is 1. The summed E-state index contributed by atoms with van der Waals surface area (Å²) in [5, 5.41) is 0. The summed E-state index contributed by atoms with van der Waals surface area (Å²) < 4.78 is 10.5. The van der Waals surface area contributed by atoms with Crippen molar-refractivity contribution in [1.82, 2.24) is 0 Å². The molecule has 1 amide bonds. The third kappa shape index (κ3) is 2.68. The van der Waals surface area contributed by atoms with Gasteiger partial charge in [-0.1, -0.05) is 12.1 Å². The van der Waals surface area contributed by atoms with Crippen LogP contribution in [-0.2, 0) is 4.74 Å². The fraction of sp³-hybridized carbons (Fsp3) is 0.417. The maximum atomic E-state index is 11.6. The minimum absolute atomic E-state index is 0.319. The molecule has 1 aliphatic rings. The highest BCUT2D eigenvalue weighted by molar-refractivity contribution is 5.90. The first-order valence-electron chi connectivity index (χ1n) is 5.69. The molecule has 1 aromatic rings. The molecule has 0 aliphatic carbocycles. The summed E-state index contributed by atoms with van der Waals surface area (Å²) in [6.07, 6.45) is 0.511. The van der Waals surface area contributed by atoms with Crippen molar-refractivity contribution in [2.45, 2.75) is 6.42 Å². The van der Waals surface area contributed by atoms with Crippen molar-refractivity contribution in [2.24, 2.45) is 5.73 Å². The number of benzene rings is 1. The van der Waals surface area contributed by atoms with Gasteiger partial charge in [0.25, 0.3) is 0 Å². The van der Waals surface area contributed by atoms with Gasteiger partial charge < -0.3 is 15.2 Å². The number of carbonyl (C=O) groups is 1. The van der Waals surface area contributed by atoms with Crippen LogP contribution in [0.4, 0.5) is 10.5 Å². The summed E-state index contributed by atoms with van der Waals surface area (Å²) >= 11 is 0. The van der Waals surface area contributed by atoms with Gasteiger partial charge in [-0.3, -0.25) is 4.90 Å². The smallest absolute Gasteiger partial charge is 0.414 e. The lowest BCUT2D eigenvalue weighted by molar-refractivity contribution is 0.140. The van der Waals surface area contributed by atoms with E-state index in [1.807, 2.05) is 24.3 Å². The van der Waals surface area contributed by atoms with Crippen LogP contribution in [0.2, 0.25) is 0 Å². The van der Waals surface area contributed by atoms with Gasteiger partial charge >= 0.3 is 6.09 Å². The summed E-state index contributed by atoms with van der Waals surface area (Å²) in [4.78, 5) is 13.2. The zero-order chi connectivity index (χ0) is 12.1. The average molecular weight is 236 g/mol. The van der Waals surface area contributed by atoms with Crippen molar-refractivity contribution in [3.05, 3.63) is 24.3 Å². The second-order valence-corrected chi connectivity index (χ2v) is 3.72. The van der Waals surface area contributed by atoms with Gasteiger partial charge in [-0.05, 0) is 18.6 Å². The lowest BCUT2D eigenvalue weighted by Crippen LogP contribution is -2.37. The van der Waals surface area contributed by atoms with Crippen molar-refractivity contribution in [3.63, 3.8) is 0 Å². The van der Waals surface area contributed by atoms with Crippen LogP contribution in [0.5, 0.6) is 5.75 Å². The molecule has 0 atom stereocenters. The molecule has 1 saturated heterocycles. The number of nitrogens with zero attached hydrogens (tertiary/aromatic N) is 1. The monoisotopic (exact) mass is 236 g/mol. The minimum atomic E-state index is -0.319. The molecule has 1 aromatic carbocycles. The maximum absolute atomic E-state index is 11.6. The molecule has 5 heteroatoms. The molecule has 0 bridgehead atoms. The Morgan fingerprint density at radius 3 is 3.00 bits per heavy atom. The second kappa shape index (κ2) is 5.54. The largest absolute Gasteiger partial charge is 0.490 e. The second-order valence-electron chi connectivity index (χ2n) is 3.72. The van der Waals surface area contributed by atoms with Gasteiger partial charge in [0.1, 0.15) is 12.4 Å². The number of para-hydroxylation sites is 2. The number of carbonyl (C=O) groups excluding carboxylic acids is 1. The van der Waals surface area contributed by atoms with E-state index in [2.05, 4.69) is 0 Å². The molecular formula is C12H16N2O3. The molecule has 0 unspecified atom stereocenters. The normalized spacial score (nSPS) is 15.6. The molecule has 5 nitrogen and oxygen atoms in total. The van der Waals surface area contributed by atoms with Crippen LogP contribution in [0.15, 0.2) is 24.3 Å². The lowest BCUT2D eigenvalue weighted by Gasteiger charge is -2.27. The van der Waals surface area contributed by atoms with Crippen molar-refractivity contribution in [1.29, 1.82) is 0 Å². The number of anilines is 1. The summed E-state index contributed by atoms with van der Waals surface area (Å²) in [5.74, 6) is 0.664. The van der Waals surface area contributed by atoms with Crippen molar-refractivity contribution < 1.29 is 14.3 Å². The van der Waals surface area contributed by atoms with E-state index in [1.165, 1.54) is 0 Å². The number of cyclic esters (lactones) is 1. The number of ether oxygens (including phenoxy) is 2. The molecule has 2 N–H and O–H groups in total. The van der Waals surface area contributed by atoms with Gasteiger partial charge in [-0.2, -0.15) is 0 Å². The number of rotatable bonds is 4. The van der Waals surface area contributed by atoms with Crippen molar-refractivity contribution in [3.8, 4) is 5.75 Å². The molecule has 17 heavy (non-hydrogen) atoms. The third-order valence-corrected chi connectivity index (χ3v) is 2.50. The van der Waals surface area contributed by atoms with E-state index in [4.69, 9.17) is 15.2 Å². The zero-order valence-corrected chi connectivity index (χ0v) is 9.59. The summed E-state index contributed by atoms with van der Waals surface area (Å²) in [6.45, 7) is 2.02. The predicted molar refractivity (Wildman–Crippen MR) is 64.3 cm³/mol. The Morgan fingerprint density at radius 1 is 1.41 bits per heavy atom. The molecule has 1 fully saturated rings. The first-order valence-corrected chi connectivity index (χ1v) is 5.69. The first kappa shape index (κ1) is 11.7. The van der Waals surface area contributed by atoms with Crippen LogP contribution >= 0.6 is 0 Å². The van der Waals surface area contributed by atoms with Gasteiger partial charge in [-0.25, -0.2) is 4.79 Å². The highest BCUT2D eigenvalue weighted by atomic mass is 16.6. The summed E-state index contributed by atoms with van der Waals surface area (Å²) in [5.41, 5.74) is 6.14. The fourth-order valence-electron chi connectivity index (χ4n) is 1.74. The minimum Gasteiger partial charge on any atom is -0.490 e. The van der Waals surface area contributed by atoms with E-state index < -0.39 is 0 Å². The van der Waals surface area contributed by atoms with E-state index >= 15 is 0 Å². The van der Waals surface area contributed by atoms with Crippen LogP contribution in [-0.4, -0.2) is 32.4 Å². The number of nitrogens with two attached hydrogens (primary N) is 1. The highest BCUT2D eigenvalue weighted by Gasteiger charge is 2.23. The number of hydrogen-bond donors (Lipinski definition) is 1. The number of hydrogen-bond acceptors (Lipinski definition) is 4. The molecule has 2 rings (SSSR count). The van der Waals surface area contributed by atoms with Crippen LogP contribution in [0.25, 0.3) is 0 Å². The predicted octanol–water partition coefficient (Wildman–Crippen LogP) is 1.37. The van der Waals surface area contributed by atoms with E-state index in [0.29, 0.717) is 32.1 Å². The maximum Gasteiger partial charge on any atom is 0.414 e. The quantitative estimate of drug-likeness (QED) is 0.857. The Labute approximate surface area is 100 Å². The van der Waals surface area contributed by atoms with Crippen LogP contribution in [0, 0.1) is 0 Å². The summed E-state index contributed by atoms with van der Waals surface area (Å²) in [6, 6.07) is 7.41.